The number of hydrogen-bond donors (Lipinski definition) is 1. The topological polar surface area (TPSA) is 59.1 Å². The predicted molar refractivity (Wildman–Crippen MR) is 89.6 cm³/mol. The molecule has 0 atom stereocenters. The second kappa shape index (κ2) is 5.57. The van der Waals surface area contributed by atoms with Crippen LogP contribution in [0.15, 0.2) is 50.6 Å². The van der Waals surface area contributed by atoms with Crippen molar-refractivity contribution in [1.29, 1.82) is 0 Å². The molecule has 0 amide bonds. The van der Waals surface area contributed by atoms with E-state index < -0.39 is 10.0 Å². The van der Waals surface area contributed by atoms with Gasteiger partial charge in [-0.3, -0.25) is 9.71 Å². The fourth-order valence-electron chi connectivity index (χ4n) is 1.87. The minimum atomic E-state index is -3.66. The third kappa shape index (κ3) is 3.06. The lowest BCUT2D eigenvalue weighted by molar-refractivity contribution is 0.603. The number of fused-ring (bicyclic) bond motifs is 1. The first-order valence-corrected chi connectivity index (χ1v) is 9.25. The van der Waals surface area contributed by atoms with Crippen molar-refractivity contribution in [3.63, 3.8) is 0 Å². The molecular formula is C13H8BrClN2O2S2. The minimum absolute atomic E-state index is 0.221. The average Bonchev–Trinajstić information content (AvgIpc) is 2.86. The Morgan fingerprint density at radius 3 is 2.76 bits per heavy atom. The van der Waals surface area contributed by atoms with Crippen LogP contribution in [0.3, 0.4) is 0 Å². The Labute approximate surface area is 139 Å². The van der Waals surface area contributed by atoms with Crippen molar-refractivity contribution < 1.29 is 8.42 Å². The SMILES string of the molecule is O=S(=O)(Nc1cc(Cl)cc2cccnc12)c1ccc(Br)s1. The first kappa shape index (κ1) is 14.8. The smallest absolute Gasteiger partial charge is 0.271 e. The maximum absolute atomic E-state index is 12.4. The van der Waals surface area contributed by atoms with Gasteiger partial charge in [-0.2, -0.15) is 0 Å². The van der Waals surface area contributed by atoms with Crippen molar-refractivity contribution >= 4 is 65.5 Å². The standard InChI is InChI=1S/C13H8BrClN2O2S2/c14-11-3-4-12(20-11)21(18,19)17-10-7-9(15)6-8-2-1-5-16-13(8)10/h1-7,17H. The molecule has 2 heterocycles. The van der Waals surface area contributed by atoms with Crippen LogP contribution in [0, 0.1) is 0 Å². The van der Waals surface area contributed by atoms with Crippen molar-refractivity contribution in [2.75, 3.05) is 4.72 Å². The van der Waals surface area contributed by atoms with Crippen LogP contribution in [0.1, 0.15) is 0 Å². The van der Waals surface area contributed by atoms with E-state index >= 15 is 0 Å². The number of nitrogens with one attached hydrogen (secondary N) is 1. The van der Waals surface area contributed by atoms with Gasteiger partial charge in [0.1, 0.15) is 4.21 Å². The van der Waals surface area contributed by atoms with Crippen LogP contribution in [0.2, 0.25) is 5.02 Å². The van der Waals surface area contributed by atoms with E-state index in [1.165, 1.54) is 6.07 Å². The van der Waals surface area contributed by atoms with Gasteiger partial charge in [0.25, 0.3) is 10.0 Å². The van der Waals surface area contributed by atoms with E-state index in [2.05, 4.69) is 25.6 Å². The van der Waals surface area contributed by atoms with E-state index in [1.54, 1.807) is 30.5 Å². The molecule has 0 aliphatic heterocycles. The third-order valence-electron chi connectivity index (χ3n) is 2.73. The average molecular weight is 404 g/mol. The summed E-state index contributed by atoms with van der Waals surface area (Å²) in [4.78, 5) is 4.21. The largest absolute Gasteiger partial charge is 0.277 e. The summed E-state index contributed by atoms with van der Waals surface area (Å²) in [6.07, 6.45) is 1.61. The number of hydrogen-bond acceptors (Lipinski definition) is 4. The zero-order valence-corrected chi connectivity index (χ0v) is 14.4. The summed E-state index contributed by atoms with van der Waals surface area (Å²) in [5.74, 6) is 0. The number of benzene rings is 1. The highest BCUT2D eigenvalue weighted by atomic mass is 79.9. The van der Waals surface area contributed by atoms with E-state index in [0.29, 0.717) is 16.2 Å². The molecule has 0 spiro atoms. The van der Waals surface area contributed by atoms with Crippen molar-refractivity contribution in [1.82, 2.24) is 4.98 Å². The van der Waals surface area contributed by atoms with Crippen LogP contribution in [-0.2, 0) is 10.0 Å². The summed E-state index contributed by atoms with van der Waals surface area (Å²) >= 11 is 10.4. The zero-order valence-electron chi connectivity index (χ0n) is 10.4. The van der Waals surface area contributed by atoms with Gasteiger partial charge in [-0.1, -0.05) is 17.7 Å². The van der Waals surface area contributed by atoms with E-state index in [1.807, 2.05) is 6.07 Å². The highest BCUT2D eigenvalue weighted by Gasteiger charge is 2.18. The fraction of sp³-hybridized carbons (Fsp3) is 0. The molecule has 3 rings (SSSR count). The maximum atomic E-state index is 12.4. The van der Waals surface area contributed by atoms with Crippen molar-refractivity contribution in [2.45, 2.75) is 4.21 Å². The number of anilines is 1. The molecule has 4 nitrogen and oxygen atoms in total. The molecule has 0 saturated carbocycles. The molecule has 0 aliphatic carbocycles. The molecule has 21 heavy (non-hydrogen) atoms. The van der Waals surface area contributed by atoms with Gasteiger partial charge < -0.3 is 0 Å². The lowest BCUT2D eigenvalue weighted by Crippen LogP contribution is -2.12. The summed E-state index contributed by atoms with van der Waals surface area (Å²) in [7, 11) is -3.66. The minimum Gasteiger partial charge on any atom is -0.277 e. The molecule has 0 unspecified atom stereocenters. The second-order valence-electron chi connectivity index (χ2n) is 4.19. The molecule has 3 aromatic rings. The molecule has 108 valence electrons. The van der Waals surface area contributed by atoms with Crippen molar-refractivity contribution in [2.24, 2.45) is 0 Å². The number of halogens is 2. The molecule has 0 bridgehead atoms. The van der Waals surface area contributed by atoms with Crippen molar-refractivity contribution in [3.05, 3.63) is 51.4 Å². The Kier molecular flexibility index (Phi) is 3.92. The van der Waals surface area contributed by atoms with Crippen molar-refractivity contribution in [3.8, 4) is 0 Å². The number of pyridine rings is 1. The molecule has 2 aromatic heterocycles. The van der Waals surface area contributed by atoms with Gasteiger partial charge in [-0.25, -0.2) is 8.42 Å². The van der Waals surface area contributed by atoms with Crippen LogP contribution < -0.4 is 4.72 Å². The number of sulfonamides is 1. The summed E-state index contributed by atoms with van der Waals surface area (Å²) in [6.45, 7) is 0. The third-order valence-corrected chi connectivity index (χ3v) is 6.43. The highest BCUT2D eigenvalue weighted by Crippen LogP contribution is 2.31. The Hall–Kier alpha value is -1.15. The van der Waals surface area contributed by atoms with Gasteiger partial charge in [0, 0.05) is 16.6 Å². The van der Waals surface area contributed by atoms with Gasteiger partial charge >= 0.3 is 0 Å². The molecule has 1 N–H and O–H groups in total. The van der Waals surface area contributed by atoms with Gasteiger partial charge in [0.15, 0.2) is 0 Å². The number of thiophene rings is 1. The number of aromatic nitrogens is 1. The first-order valence-electron chi connectivity index (χ1n) is 5.78. The fourth-order valence-corrected chi connectivity index (χ4v) is 5.16. The number of nitrogens with zero attached hydrogens (tertiary/aromatic N) is 1. The monoisotopic (exact) mass is 402 g/mol. The van der Waals surface area contributed by atoms with Gasteiger partial charge in [0.05, 0.1) is 15.0 Å². The zero-order chi connectivity index (χ0) is 15.0. The van der Waals surface area contributed by atoms with Crippen LogP contribution in [-0.4, -0.2) is 13.4 Å². The van der Waals surface area contributed by atoms with E-state index in [-0.39, 0.29) is 4.21 Å². The summed E-state index contributed by atoms with van der Waals surface area (Å²) < 4.78 is 28.3. The highest BCUT2D eigenvalue weighted by molar-refractivity contribution is 9.11. The summed E-state index contributed by atoms with van der Waals surface area (Å²) in [5, 5.41) is 1.22. The predicted octanol–water partition coefficient (Wildman–Crippen LogP) is 4.51. The lowest BCUT2D eigenvalue weighted by atomic mass is 10.2. The van der Waals surface area contributed by atoms with Crippen LogP contribution in [0.25, 0.3) is 10.9 Å². The number of rotatable bonds is 3. The van der Waals surface area contributed by atoms with Gasteiger partial charge in [-0.15, -0.1) is 11.3 Å². The van der Waals surface area contributed by atoms with Crippen LogP contribution in [0.4, 0.5) is 5.69 Å². The molecule has 1 aromatic carbocycles. The van der Waals surface area contributed by atoms with Crippen LogP contribution >= 0.6 is 38.9 Å². The molecule has 0 saturated heterocycles. The normalized spacial score (nSPS) is 11.7. The van der Waals surface area contributed by atoms with E-state index in [9.17, 15) is 8.42 Å². The second-order valence-corrected chi connectivity index (χ2v) is 9.00. The van der Waals surface area contributed by atoms with Gasteiger partial charge in [0.2, 0.25) is 0 Å². The van der Waals surface area contributed by atoms with E-state index in [4.69, 9.17) is 11.6 Å². The quantitative estimate of drug-likeness (QED) is 0.700. The summed E-state index contributed by atoms with van der Waals surface area (Å²) in [5.41, 5.74) is 0.920. The first-order chi connectivity index (χ1) is 9.95. The molecule has 0 aliphatic rings. The lowest BCUT2D eigenvalue weighted by Gasteiger charge is -2.09. The van der Waals surface area contributed by atoms with E-state index in [0.717, 1.165) is 20.5 Å². The Morgan fingerprint density at radius 2 is 2.05 bits per heavy atom. The van der Waals surface area contributed by atoms with Gasteiger partial charge in [-0.05, 0) is 46.3 Å². The molecular weight excluding hydrogens is 396 g/mol. The summed E-state index contributed by atoms with van der Waals surface area (Å²) in [6, 6.07) is 10.1. The molecule has 0 fully saturated rings. The maximum Gasteiger partial charge on any atom is 0.271 e. The van der Waals surface area contributed by atoms with Crippen LogP contribution in [0.5, 0.6) is 0 Å². The Morgan fingerprint density at radius 1 is 1.24 bits per heavy atom. The Balaban J connectivity index is 2.09. The molecule has 0 radical (unpaired) electrons. The Bertz CT molecular complexity index is 925. The molecule has 8 heteroatoms.